The molecule has 3 aromatic rings. The third kappa shape index (κ3) is 2.98. The molecule has 1 aliphatic heterocycles. The molecule has 136 valence electrons. The number of nitrogens with zero attached hydrogens (tertiary/aromatic N) is 2. The molecular weight excluding hydrogens is 336 g/mol. The normalized spacial score (nSPS) is 17.9. The van der Waals surface area contributed by atoms with Gasteiger partial charge in [0.15, 0.2) is 11.8 Å². The van der Waals surface area contributed by atoms with E-state index in [4.69, 9.17) is 9.47 Å². The average Bonchev–Trinajstić information content (AvgIpc) is 3.11. The summed E-state index contributed by atoms with van der Waals surface area (Å²) in [5.74, 6) is 0.654. The SMILES string of the molecule is CC(C)(C)N1CC(COc2ccc3nc4[nH]c(=O)[nH]c4cc3c2)OC1=O. The molecule has 1 amide bonds. The number of pyridine rings is 1. The fraction of sp³-hybridized carbons (Fsp3) is 0.389. The highest BCUT2D eigenvalue weighted by Gasteiger charge is 2.38. The maximum absolute atomic E-state index is 12.0. The largest absolute Gasteiger partial charge is 0.490 e. The number of amides is 1. The molecule has 0 spiro atoms. The second-order valence-electron chi connectivity index (χ2n) is 7.42. The zero-order chi connectivity index (χ0) is 18.5. The highest BCUT2D eigenvalue weighted by Crippen LogP contribution is 2.25. The van der Waals surface area contributed by atoms with Crippen LogP contribution >= 0.6 is 0 Å². The summed E-state index contributed by atoms with van der Waals surface area (Å²) in [6.07, 6.45) is -0.619. The molecule has 2 N–H and O–H groups in total. The summed E-state index contributed by atoms with van der Waals surface area (Å²) < 4.78 is 11.2. The maximum atomic E-state index is 12.0. The molecule has 3 heterocycles. The highest BCUT2D eigenvalue weighted by molar-refractivity contribution is 5.89. The second-order valence-corrected chi connectivity index (χ2v) is 7.42. The van der Waals surface area contributed by atoms with Crippen LogP contribution in [0.25, 0.3) is 22.1 Å². The third-order valence-corrected chi connectivity index (χ3v) is 4.39. The first-order valence-electron chi connectivity index (χ1n) is 8.43. The van der Waals surface area contributed by atoms with Gasteiger partial charge in [-0.05, 0) is 45.0 Å². The van der Waals surface area contributed by atoms with Gasteiger partial charge in [-0.15, -0.1) is 0 Å². The first-order chi connectivity index (χ1) is 12.3. The molecule has 8 nitrogen and oxygen atoms in total. The third-order valence-electron chi connectivity index (χ3n) is 4.39. The Morgan fingerprint density at radius 3 is 2.81 bits per heavy atom. The van der Waals surface area contributed by atoms with Gasteiger partial charge in [0.2, 0.25) is 0 Å². The molecule has 4 rings (SSSR count). The first kappa shape index (κ1) is 16.4. The van der Waals surface area contributed by atoms with Crippen LogP contribution in [0.2, 0.25) is 0 Å². The number of cyclic esters (lactones) is 1. The number of hydrogen-bond acceptors (Lipinski definition) is 5. The second kappa shape index (κ2) is 5.76. The van der Waals surface area contributed by atoms with Crippen molar-refractivity contribution in [2.24, 2.45) is 0 Å². The molecule has 1 atom stereocenters. The van der Waals surface area contributed by atoms with Gasteiger partial charge in [-0.3, -0.25) is 9.88 Å². The summed E-state index contributed by atoms with van der Waals surface area (Å²) in [7, 11) is 0. The van der Waals surface area contributed by atoms with Crippen molar-refractivity contribution in [3.05, 3.63) is 34.7 Å². The number of fused-ring (bicyclic) bond motifs is 2. The van der Waals surface area contributed by atoms with Gasteiger partial charge in [-0.25, -0.2) is 14.6 Å². The van der Waals surface area contributed by atoms with Gasteiger partial charge in [0.25, 0.3) is 0 Å². The van der Waals surface area contributed by atoms with E-state index >= 15 is 0 Å². The van der Waals surface area contributed by atoms with Crippen LogP contribution in [0.1, 0.15) is 20.8 Å². The molecule has 1 fully saturated rings. The van der Waals surface area contributed by atoms with Crippen molar-refractivity contribution in [2.45, 2.75) is 32.4 Å². The van der Waals surface area contributed by atoms with Crippen molar-refractivity contribution in [3.63, 3.8) is 0 Å². The van der Waals surface area contributed by atoms with Crippen LogP contribution in [0.4, 0.5) is 4.79 Å². The number of imidazole rings is 1. The van der Waals surface area contributed by atoms with E-state index in [1.165, 1.54) is 0 Å². The Morgan fingerprint density at radius 2 is 2.08 bits per heavy atom. The van der Waals surface area contributed by atoms with Crippen LogP contribution in [0.3, 0.4) is 0 Å². The molecule has 0 radical (unpaired) electrons. The number of aromatic nitrogens is 3. The fourth-order valence-corrected chi connectivity index (χ4v) is 3.04. The van der Waals surface area contributed by atoms with E-state index in [-0.39, 0.29) is 30.0 Å². The van der Waals surface area contributed by atoms with Gasteiger partial charge < -0.3 is 14.5 Å². The molecule has 1 aromatic carbocycles. The van der Waals surface area contributed by atoms with Crippen LogP contribution in [-0.2, 0) is 4.74 Å². The zero-order valence-electron chi connectivity index (χ0n) is 14.8. The summed E-state index contributed by atoms with van der Waals surface area (Å²) in [6.45, 7) is 6.70. The van der Waals surface area contributed by atoms with E-state index in [1.807, 2.05) is 45.0 Å². The predicted molar refractivity (Wildman–Crippen MR) is 96.4 cm³/mol. The number of carbonyl (C=O) groups excluding carboxylic acids is 1. The Morgan fingerprint density at radius 1 is 1.27 bits per heavy atom. The van der Waals surface area contributed by atoms with E-state index in [9.17, 15) is 9.59 Å². The van der Waals surface area contributed by atoms with Gasteiger partial charge in [0.05, 0.1) is 17.6 Å². The lowest BCUT2D eigenvalue weighted by Gasteiger charge is -2.29. The number of ether oxygens (including phenoxy) is 2. The molecule has 26 heavy (non-hydrogen) atoms. The first-order valence-corrected chi connectivity index (χ1v) is 8.43. The molecule has 0 saturated carbocycles. The van der Waals surface area contributed by atoms with Crippen LogP contribution < -0.4 is 10.4 Å². The summed E-state index contributed by atoms with van der Waals surface area (Å²) in [5.41, 5.74) is 1.36. The number of rotatable bonds is 3. The Hall–Kier alpha value is -3.03. The summed E-state index contributed by atoms with van der Waals surface area (Å²) in [6, 6.07) is 7.34. The minimum atomic E-state index is -0.312. The van der Waals surface area contributed by atoms with Crippen molar-refractivity contribution in [3.8, 4) is 5.75 Å². The smallest absolute Gasteiger partial charge is 0.410 e. The van der Waals surface area contributed by atoms with Crippen molar-refractivity contribution in [1.82, 2.24) is 19.9 Å². The summed E-state index contributed by atoms with van der Waals surface area (Å²) in [5, 5.41) is 0.852. The van der Waals surface area contributed by atoms with E-state index < -0.39 is 0 Å². The van der Waals surface area contributed by atoms with E-state index in [2.05, 4.69) is 15.0 Å². The molecule has 0 bridgehead atoms. The Kier molecular flexibility index (Phi) is 3.64. The zero-order valence-corrected chi connectivity index (χ0v) is 14.8. The molecular formula is C18H20N4O4. The Balaban J connectivity index is 1.50. The Bertz CT molecular complexity index is 1050. The Labute approximate surface area is 149 Å². The minimum absolute atomic E-state index is 0.278. The maximum Gasteiger partial charge on any atom is 0.410 e. The van der Waals surface area contributed by atoms with E-state index in [0.717, 1.165) is 10.9 Å². The predicted octanol–water partition coefficient (Wildman–Crippen LogP) is 2.40. The van der Waals surface area contributed by atoms with Crippen LogP contribution in [0.5, 0.6) is 5.75 Å². The van der Waals surface area contributed by atoms with Crippen LogP contribution in [0.15, 0.2) is 29.1 Å². The summed E-state index contributed by atoms with van der Waals surface area (Å²) >= 11 is 0. The molecule has 1 saturated heterocycles. The van der Waals surface area contributed by atoms with Crippen molar-refractivity contribution < 1.29 is 14.3 Å². The van der Waals surface area contributed by atoms with Gasteiger partial charge in [-0.1, -0.05) is 0 Å². The average molecular weight is 356 g/mol. The van der Waals surface area contributed by atoms with Crippen LogP contribution in [-0.4, -0.2) is 50.7 Å². The van der Waals surface area contributed by atoms with Gasteiger partial charge >= 0.3 is 11.8 Å². The van der Waals surface area contributed by atoms with Gasteiger partial charge in [0, 0.05) is 10.9 Å². The van der Waals surface area contributed by atoms with Gasteiger partial charge in [0.1, 0.15) is 12.4 Å². The molecule has 0 aliphatic carbocycles. The van der Waals surface area contributed by atoms with E-state index in [0.29, 0.717) is 23.5 Å². The highest BCUT2D eigenvalue weighted by atomic mass is 16.6. The van der Waals surface area contributed by atoms with Crippen molar-refractivity contribution >= 4 is 28.2 Å². The van der Waals surface area contributed by atoms with E-state index in [1.54, 1.807) is 4.90 Å². The van der Waals surface area contributed by atoms with Crippen molar-refractivity contribution in [2.75, 3.05) is 13.2 Å². The number of H-pyrrole nitrogens is 2. The molecule has 1 unspecified atom stereocenters. The minimum Gasteiger partial charge on any atom is -0.490 e. The van der Waals surface area contributed by atoms with Crippen LogP contribution in [0, 0.1) is 0 Å². The molecule has 8 heteroatoms. The number of aromatic amines is 2. The van der Waals surface area contributed by atoms with Crippen molar-refractivity contribution in [1.29, 1.82) is 0 Å². The number of benzene rings is 1. The lowest BCUT2D eigenvalue weighted by atomic mass is 10.1. The monoisotopic (exact) mass is 356 g/mol. The topological polar surface area (TPSA) is 100 Å². The fourth-order valence-electron chi connectivity index (χ4n) is 3.04. The lowest BCUT2D eigenvalue weighted by Crippen LogP contribution is -2.42. The quantitative estimate of drug-likeness (QED) is 0.750. The summed E-state index contributed by atoms with van der Waals surface area (Å²) in [4.78, 5) is 34.8. The molecule has 2 aromatic heterocycles. The van der Waals surface area contributed by atoms with Gasteiger partial charge in [-0.2, -0.15) is 0 Å². The number of carbonyl (C=O) groups is 1. The number of hydrogen-bond donors (Lipinski definition) is 2. The lowest BCUT2D eigenvalue weighted by molar-refractivity contribution is 0.0994. The molecule has 1 aliphatic rings. The standard InChI is InChI=1S/C18H20N4O4/c1-18(2,3)22-8-12(26-17(22)24)9-25-11-4-5-13-10(6-11)7-14-15(19-13)21-16(23)20-14/h4-7,12H,8-9H2,1-3H3,(H2,19,20,21,23). The number of nitrogens with one attached hydrogen (secondary N) is 2.